The number of rotatable bonds is 4. The Morgan fingerprint density at radius 2 is 2.05 bits per heavy atom. The molecule has 0 atom stereocenters. The Hall–Kier alpha value is -1.19. The molecule has 106 valence electrons. The molecular weight excluding hydrogens is 264 g/mol. The standard InChI is InChI=1S/C17H22N2S/c1-17(2)11-14-16(12-7-3-4-8-13(12)17)19-15(20-14)9-5-6-10-18/h3-4,7-8H,5-6,9-11,18H2,1-2H3. The third-order valence-corrected chi connectivity index (χ3v) is 5.22. The second-order valence-corrected chi connectivity index (χ2v) is 7.40. The predicted molar refractivity (Wildman–Crippen MR) is 86.3 cm³/mol. The molecule has 1 aromatic heterocycles. The van der Waals surface area contributed by atoms with Crippen LogP contribution in [0.4, 0.5) is 0 Å². The van der Waals surface area contributed by atoms with Crippen LogP contribution < -0.4 is 5.73 Å². The van der Waals surface area contributed by atoms with Gasteiger partial charge in [-0.3, -0.25) is 0 Å². The van der Waals surface area contributed by atoms with Gasteiger partial charge in [0, 0.05) is 10.4 Å². The van der Waals surface area contributed by atoms with E-state index in [2.05, 4.69) is 38.1 Å². The fourth-order valence-corrected chi connectivity index (χ4v) is 4.39. The van der Waals surface area contributed by atoms with E-state index in [0.29, 0.717) is 0 Å². The topological polar surface area (TPSA) is 38.9 Å². The largest absolute Gasteiger partial charge is 0.330 e. The molecule has 1 aromatic carbocycles. The number of aromatic nitrogens is 1. The molecule has 0 fully saturated rings. The average Bonchev–Trinajstić information content (AvgIpc) is 2.81. The van der Waals surface area contributed by atoms with Crippen molar-refractivity contribution in [1.29, 1.82) is 0 Å². The molecule has 2 N–H and O–H groups in total. The Morgan fingerprint density at radius 1 is 1.25 bits per heavy atom. The maximum Gasteiger partial charge on any atom is 0.0935 e. The van der Waals surface area contributed by atoms with Crippen LogP contribution in [-0.2, 0) is 18.3 Å². The van der Waals surface area contributed by atoms with Gasteiger partial charge in [0.05, 0.1) is 10.7 Å². The first-order valence-electron chi connectivity index (χ1n) is 7.40. The van der Waals surface area contributed by atoms with E-state index in [1.165, 1.54) is 26.7 Å². The van der Waals surface area contributed by atoms with Crippen molar-refractivity contribution >= 4 is 11.3 Å². The van der Waals surface area contributed by atoms with Crippen LogP contribution in [0, 0.1) is 0 Å². The Labute approximate surface area is 125 Å². The second-order valence-electron chi connectivity index (χ2n) is 6.23. The highest BCUT2D eigenvalue weighted by Crippen LogP contribution is 2.44. The van der Waals surface area contributed by atoms with Crippen molar-refractivity contribution in [3.8, 4) is 11.3 Å². The molecule has 0 saturated carbocycles. The molecule has 3 rings (SSSR count). The number of hydrogen-bond donors (Lipinski definition) is 1. The normalized spacial score (nSPS) is 15.8. The van der Waals surface area contributed by atoms with Crippen LogP contribution in [0.5, 0.6) is 0 Å². The molecule has 0 bridgehead atoms. The van der Waals surface area contributed by atoms with Crippen LogP contribution in [0.1, 0.15) is 42.1 Å². The van der Waals surface area contributed by atoms with Crippen LogP contribution >= 0.6 is 11.3 Å². The van der Waals surface area contributed by atoms with Gasteiger partial charge in [-0.25, -0.2) is 4.98 Å². The summed E-state index contributed by atoms with van der Waals surface area (Å²) in [6, 6.07) is 8.74. The Balaban J connectivity index is 1.97. The summed E-state index contributed by atoms with van der Waals surface area (Å²) in [5.74, 6) is 0. The zero-order chi connectivity index (χ0) is 14.2. The molecule has 2 aromatic rings. The lowest BCUT2D eigenvalue weighted by molar-refractivity contribution is 0.521. The quantitative estimate of drug-likeness (QED) is 0.865. The van der Waals surface area contributed by atoms with Crippen molar-refractivity contribution in [2.24, 2.45) is 5.73 Å². The van der Waals surface area contributed by atoms with Crippen LogP contribution in [0.15, 0.2) is 24.3 Å². The average molecular weight is 286 g/mol. The summed E-state index contributed by atoms with van der Waals surface area (Å²) < 4.78 is 0. The van der Waals surface area contributed by atoms with E-state index in [0.717, 1.165) is 32.2 Å². The second kappa shape index (κ2) is 5.30. The van der Waals surface area contributed by atoms with Crippen LogP contribution in [-0.4, -0.2) is 11.5 Å². The molecule has 20 heavy (non-hydrogen) atoms. The monoisotopic (exact) mass is 286 g/mol. The molecule has 0 radical (unpaired) electrons. The number of nitrogens with zero attached hydrogens (tertiary/aromatic N) is 1. The summed E-state index contributed by atoms with van der Waals surface area (Å²) >= 11 is 1.90. The summed E-state index contributed by atoms with van der Waals surface area (Å²) in [7, 11) is 0. The zero-order valence-corrected chi connectivity index (χ0v) is 13.1. The fraction of sp³-hybridized carbons (Fsp3) is 0.471. The SMILES string of the molecule is CC1(C)Cc2sc(CCCCN)nc2-c2ccccc21. The lowest BCUT2D eigenvalue weighted by atomic mass is 9.74. The van der Waals surface area contributed by atoms with Crippen molar-refractivity contribution in [2.75, 3.05) is 6.54 Å². The van der Waals surface area contributed by atoms with E-state index in [1.807, 2.05) is 11.3 Å². The van der Waals surface area contributed by atoms with Gasteiger partial charge in [-0.1, -0.05) is 38.1 Å². The molecule has 0 amide bonds. The molecule has 2 nitrogen and oxygen atoms in total. The van der Waals surface area contributed by atoms with E-state index in [-0.39, 0.29) is 5.41 Å². The molecule has 0 saturated heterocycles. The van der Waals surface area contributed by atoms with E-state index in [4.69, 9.17) is 10.7 Å². The number of aryl methyl sites for hydroxylation is 1. The molecule has 0 aliphatic heterocycles. The van der Waals surface area contributed by atoms with Crippen LogP contribution in [0.25, 0.3) is 11.3 Å². The summed E-state index contributed by atoms with van der Waals surface area (Å²) in [6.07, 6.45) is 4.41. The third kappa shape index (κ3) is 2.40. The van der Waals surface area contributed by atoms with E-state index < -0.39 is 0 Å². The zero-order valence-electron chi connectivity index (χ0n) is 12.3. The van der Waals surface area contributed by atoms with Crippen molar-refractivity contribution in [1.82, 2.24) is 4.98 Å². The number of thiazole rings is 1. The number of unbranched alkanes of at least 4 members (excludes halogenated alkanes) is 1. The summed E-state index contributed by atoms with van der Waals surface area (Å²) in [5.41, 5.74) is 9.78. The number of nitrogens with two attached hydrogens (primary N) is 1. The molecule has 3 heteroatoms. The number of hydrogen-bond acceptors (Lipinski definition) is 3. The van der Waals surface area contributed by atoms with Crippen LogP contribution in [0.2, 0.25) is 0 Å². The molecule has 1 aliphatic carbocycles. The lowest BCUT2D eigenvalue weighted by Crippen LogP contribution is -2.24. The molecule has 0 unspecified atom stereocenters. The molecule has 0 spiro atoms. The van der Waals surface area contributed by atoms with Gasteiger partial charge >= 0.3 is 0 Å². The van der Waals surface area contributed by atoms with Gasteiger partial charge in [0.1, 0.15) is 0 Å². The minimum atomic E-state index is 0.213. The van der Waals surface area contributed by atoms with Crippen LogP contribution in [0.3, 0.4) is 0 Å². The highest BCUT2D eigenvalue weighted by Gasteiger charge is 2.32. The minimum absolute atomic E-state index is 0.213. The Bertz CT molecular complexity index is 613. The maximum absolute atomic E-state index is 5.57. The Morgan fingerprint density at radius 3 is 2.85 bits per heavy atom. The van der Waals surface area contributed by atoms with E-state index in [9.17, 15) is 0 Å². The van der Waals surface area contributed by atoms with Gasteiger partial charge in [0.2, 0.25) is 0 Å². The third-order valence-electron chi connectivity index (χ3n) is 4.10. The van der Waals surface area contributed by atoms with E-state index in [1.54, 1.807) is 0 Å². The van der Waals surface area contributed by atoms with Gasteiger partial charge in [-0.05, 0) is 43.2 Å². The molecule has 1 heterocycles. The first-order chi connectivity index (χ1) is 9.62. The first kappa shape index (κ1) is 13.8. The van der Waals surface area contributed by atoms with Gasteiger partial charge in [0.15, 0.2) is 0 Å². The van der Waals surface area contributed by atoms with Crippen molar-refractivity contribution < 1.29 is 0 Å². The predicted octanol–water partition coefficient (Wildman–Crippen LogP) is 3.93. The summed E-state index contributed by atoms with van der Waals surface area (Å²) in [6.45, 7) is 5.45. The van der Waals surface area contributed by atoms with Gasteiger partial charge in [-0.15, -0.1) is 11.3 Å². The lowest BCUT2D eigenvalue weighted by Gasteiger charge is -2.31. The minimum Gasteiger partial charge on any atom is -0.330 e. The highest BCUT2D eigenvalue weighted by molar-refractivity contribution is 7.12. The van der Waals surface area contributed by atoms with Gasteiger partial charge in [-0.2, -0.15) is 0 Å². The smallest absolute Gasteiger partial charge is 0.0935 e. The molecular formula is C17H22N2S. The fourth-order valence-electron chi connectivity index (χ4n) is 3.03. The maximum atomic E-state index is 5.57. The van der Waals surface area contributed by atoms with Gasteiger partial charge in [0.25, 0.3) is 0 Å². The number of benzene rings is 1. The summed E-state index contributed by atoms with van der Waals surface area (Å²) in [4.78, 5) is 6.36. The van der Waals surface area contributed by atoms with E-state index >= 15 is 0 Å². The summed E-state index contributed by atoms with van der Waals surface area (Å²) in [5, 5.41) is 1.27. The van der Waals surface area contributed by atoms with Crippen molar-refractivity contribution in [3.05, 3.63) is 39.7 Å². The highest BCUT2D eigenvalue weighted by atomic mass is 32.1. The van der Waals surface area contributed by atoms with Crippen molar-refractivity contribution in [2.45, 2.75) is 44.9 Å². The van der Waals surface area contributed by atoms with Gasteiger partial charge < -0.3 is 5.73 Å². The first-order valence-corrected chi connectivity index (χ1v) is 8.22. The Kier molecular flexibility index (Phi) is 3.65. The molecule has 1 aliphatic rings. The van der Waals surface area contributed by atoms with Crippen molar-refractivity contribution in [3.63, 3.8) is 0 Å². The number of fused-ring (bicyclic) bond motifs is 3.